The summed E-state index contributed by atoms with van der Waals surface area (Å²) in [5, 5.41) is 6.12. The maximum atomic E-state index is 12.6. The van der Waals surface area contributed by atoms with E-state index in [1.165, 1.54) is 11.3 Å². The number of ether oxygens (including phenoxy) is 1. The first-order valence-electron chi connectivity index (χ1n) is 8.45. The van der Waals surface area contributed by atoms with Crippen LogP contribution in [0.4, 0.5) is 0 Å². The highest BCUT2D eigenvalue weighted by molar-refractivity contribution is 7.09. The summed E-state index contributed by atoms with van der Waals surface area (Å²) in [6.07, 6.45) is 0.802. The highest BCUT2D eigenvalue weighted by Crippen LogP contribution is 2.19. The van der Waals surface area contributed by atoms with Crippen molar-refractivity contribution in [2.24, 2.45) is 0 Å². The van der Waals surface area contributed by atoms with Gasteiger partial charge in [-0.3, -0.25) is 9.59 Å². The first-order chi connectivity index (χ1) is 12.6. The van der Waals surface area contributed by atoms with E-state index in [2.05, 4.69) is 10.3 Å². The van der Waals surface area contributed by atoms with Gasteiger partial charge in [-0.05, 0) is 30.7 Å². The molecule has 1 fully saturated rings. The summed E-state index contributed by atoms with van der Waals surface area (Å²) in [7, 11) is 0. The normalized spacial score (nSPS) is 17.1. The van der Waals surface area contributed by atoms with Crippen LogP contribution in [0.25, 0.3) is 0 Å². The molecule has 2 aromatic rings. The van der Waals surface area contributed by atoms with Gasteiger partial charge in [-0.1, -0.05) is 18.5 Å². The lowest BCUT2D eigenvalue weighted by molar-refractivity contribution is -0.142. The number of nitrogens with one attached hydrogen (secondary N) is 1. The van der Waals surface area contributed by atoms with Crippen molar-refractivity contribution >= 4 is 34.8 Å². The molecule has 0 radical (unpaired) electrons. The van der Waals surface area contributed by atoms with E-state index in [0.717, 1.165) is 5.01 Å². The molecular weight excluding hydrogens is 374 g/mol. The molecule has 0 spiro atoms. The SMILES string of the molecule is CC[C@H]1C(=O)NCCN1C(=O)Cc1csc(COc2ccc(Cl)cc2)n1. The van der Waals surface area contributed by atoms with Crippen molar-refractivity contribution < 1.29 is 14.3 Å². The summed E-state index contributed by atoms with van der Waals surface area (Å²) < 4.78 is 5.67. The number of aromatic nitrogens is 1. The van der Waals surface area contributed by atoms with Crippen molar-refractivity contribution in [2.45, 2.75) is 32.4 Å². The molecule has 0 bridgehead atoms. The van der Waals surface area contributed by atoms with Crippen LogP contribution >= 0.6 is 22.9 Å². The van der Waals surface area contributed by atoms with Crippen LogP contribution in [-0.4, -0.2) is 40.8 Å². The van der Waals surface area contributed by atoms with Crippen LogP contribution in [0.1, 0.15) is 24.0 Å². The Morgan fingerprint density at radius 2 is 2.19 bits per heavy atom. The number of carbonyl (C=O) groups excluding carboxylic acids is 2. The minimum absolute atomic E-state index is 0.0674. The van der Waals surface area contributed by atoms with E-state index in [1.54, 1.807) is 29.2 Å². The largest absolute Gasteiger partial charge is 0.486 e. The Balaban J connectivity index is 1.56. The van der Waals surface area contributed by atoms with Crippen LogP contribution in [0.15, 0.2) is 29.6 Å². The smallest absolute Gasteiger partial charge is 0.242 e. The predicted molar refractivity (Wildman–Crippen MR) is 100 cm³/mol. The van der Waals surface area contributed by atoms with Crippen LogP contribution in [0, 0.1) is 0 Å². The number of hydrogen-bond acceptors (Lipinski definition) is 5. The van der Waals surface area contributed by atoms with E-state index in [4.69, 9.17) is 16.3 Å². The topological polar surface area (TPSA) is 71.5 Å². The van der Waals surface area contributed by atoms with Gasteiger partial charge in [0, 0.05) is 23.5 Å². The summed E-state index contributed by atoms with van der Waals surface area (Å²) in [4.78, 5) is 30.6. The zero-order valence-corrected chi connectivity index (χ0v) is 16.0. The number of thiazole rings is 1. The lowest BCUT2D eigenvalue weighted by Gasteiger charge is -2.34. The van der Waals surface area contributed by atoms with Crippen LogP contribution in [0.5, 0.6) is 5.75 Å². The van der Waals surface area contributed by atoms with Crippen LogP contribution in [0.2, 0.25) is 5.02 Å². The van der Waals surface area contributed by atoms with E-state index in [0.29, 0.717) is 42.6 Å². The van der Waals surface area contributed by atoms with Gasteiger partial charge in [0.15, 0.2) is 0 Å². The molecule has 0 aliphatic carbocycles. The number of hydrogen-bond donors (Lipinski definition) is 1. The molecule has 2 heterocycles. The second kappa shape index (κ2) is 8.51. The summed E-state index contributed by atoms with van der Waals surface area (Å²) in [5.41, 5.74) is 0.704. The van der Waals surface area contributed by atoms with Gasteiger partial charge in [0.05, 0.1) is 12.1 Å². The zero-order valence-electron chi connectivity index (χ0n) is 14.4. The number of nitrogens with zero attached hydrogens (tertiary/aromatic N) is 2. The van der Waals surface area contributed by atoms with Gasteiger partial charge in [-0.2, -0.15) is 0 Å². The molecule has 26 heavy (non-hydrogen) atoms. The summed E-state index contributed by atoms with van der Waals surface area (Å²) >= 11 is 7.30. The fraction of sp³-hybridized carbons (Fsp3) is 0.389. The highest BCUT2D eigenvalue weighted by atomic mass is 35.5. The number of piperazine rings is 1. The fourth-order valence-electron chi connectivity index (χ4n) is 2.85. The summed E-state index contributed by atoms with van der Waals surface area (Å²) in [6, 6.07) is 6.74. The number of halogens is 1. The van der Waals surface area contributed by atoms with Gasteiger partial charge in [-0.15, -0.1) is 11.3 Å². The maximum Gasteiger partial charge on any atom is 0.242 e. The first kappa shape index (κ1) is 18.7. The van der Waals surface area contributed by atoms with Gasteiger partial charge in [0.25, 0.3) is 0 Å². The molecule has 2 amide bonds. The minimum atomic E-state index is -0.386. The number of rotatable bonds is 6. The number of amides is 2. The third-order valence-corrected chi connectivity index (χ3v) is 5.27. The third kappa shape index (κ3) is 4.53. The van der Waals surface area contributed by atoms with E-state index in [9.17, 15) is 9.59 Å². The average Bonchev–Trinajstić information content (AvgIpc) is 3.08. The van der Waals surface area contributed by atoms with Crippen molar-refractivity contribution in [1.29, 1.82) is 0 Å². The molecule has 1 aromatic heterocycles. The van der Waals surface area contributed by atoms with Gasteiger partial charge in [0.2, 0.25) is 11.8 Å². The Morgan fingerprint density at radius 3 is 2.92 bits per heavy atom. The Morgan fingerprint density at radius 1 is 1.42 bits per heavy atom. The molecule has 138 valence electrons. The Labute approximate surface area is 161 Å². The minimum Gasteiger partial charge on any atom is -0.486 e. The van der Waals surface area contributed by atoms with E-state index < -0.39 is 0 Å². The van der Waals surface area contributed by atoms with Gasteiger partial charge in [0.1, 0.15) is 23.4 Å². The summed E-state index contributed by atoms with van der Waals surface area (Å²) in [6.45, 7) is 3.28. The first-order valence-corrected chi connectivity index (χ1v) is 9.71. The van der Waals surface area contributed by atoms with Crippen molar-refractivity contribution in [3.05, 3.63) is 45.4 Å². The van der Waals surface area contributed by atoms with Crippen molar-refractivity contribution in [3.8, 4) is 5.75 Å². The fourth-order valence-corrected chi connectivity index (χ4v) is 3.68. The molecule has 8 heteroatoms. The second-order valence-electron chi connectivity index (χ2n) is 5.95. The summed E-state index contributed by atoms with van der Waals surface area (Å²) in [5.74, 6) is 0.567. The molecule has 1 saturated heterocycles. The van der Waals surface area contributed by atoms with Gasteiger partial charge < -0.3 is 15.0 Å². The maximum absolute atomic E-state index is 12.6. The molecule has 1 N–H and O–H groups in total. The van der Waals surface area contributed by atoms with Crippen molar-refractivity contribution in [1.82, 2.24) is 15.2 Å². The second-order valence-corrected chi connectivity index (χ2v) is 7.33. The Hall–Kier alpha value is -2.12. The standard InChI is InChI=1S/C18H20ClN3O3S/c1-2-15-18(24)20-7-8-22(15)17(23)9-13-11-26-16(21-13)10-25-14-5-3-12(19)4-6-14/h3-6,11,15H,2,7-10H2,1H3,(H,20,24)/t15-/m0/s1. The molecular formula is C18H20ClN3O3S. The Bertz CT molecular complexity index is 778. The van der Waals surface area contributed by atoms with Crippen LogP contribution in [0.3, 0.4) is 0 Å². The van der Waals surface area contributed by atoms with E-state index in [1.807, 2.05) is 12.3 Å². The highest BCUT2D eigenvalue weighted by Gasteiger charge is 2.31. The Kier molecular flexibility index (Phi) is 6.11. The molecule has 1 aliphatic rings. The molecule has 0 saturated carbocycles. The third-order valence-electron chi connectivity index (χ3n) is 4.15. The zero-order chi connectivity index (χ0) is 18.5. The van der Waals surface area contributed by atoms with Crippen molar-refractivity contribution in [3.63, 3.8) is 0 Å². The van der Waals surface area contributed by atoms with E-state index >= 15 is 0 Å². The number of carbonyl (C=O) groups is 2. The lowest BCUT2D eigenvalue weighted by atomic mass is 10.1. The average molecular weight is 394 g/mol. The predicted octanol–water partition coefficient (Wildman–Crippen LogP) is 2.66. The van der Waals surface area contributed by atoms with Gasteiger partial charge in [-0.25, -0.2) is 4.98 Å². The molecule has 1 atom stereocenters. The molecule has 6 nitrogen and oxygen atoms in total. The van der Waals surface area contributed by atoms with Crippen LogP contribution in [-0.2, 0) is 22.6 Å². The molecule has 0 unspecified atom stereocenters. The van der Waals surface area contributed by atoms with Crippen molar-refractivity contribution in [2.75, 3.05) is 13.1 Å². The molecule has 1 aliphatic heterocycles. The molecule has 1 aromatic carbocycles. The molecule has 3 rings (SSSR count). The lowest BCUT2D eigenvalue weighted by Crippen LogP contribution is -2.57. The quantitative estimate of drug-likeness (QED) is 0.819. The van der Waals surface area contributed by atoms with Crippen LogP contribution < -0.4 is 10.1 Å². The number of benzene rings is 1. The monoisotopic (exact) mass is 393 g/mol. The van der Waals surface area contributed by atoms with Gasteiger partial charge >= 0.3 is 0 Å². The van der Waals surface area contributed by atoms with E-state index in [-0.39, 0.29) is 24.3 Å².